The number of rotatable bonds is 3. The molecule has 1 heterocycles. The first kappa shape index (κ1) is 14.0. The molecule has 0 aliphatic carbocycles. The molecule has 1 aromatic heterocycles. The summed E-state index contributed by atoms with van der Waals surface area (Å²) in [6, 6.07) is 14.4. The molecule has 0 saturated carbocycles. The Balaban J connectivity index is 2.18. The summed E-state index contributed by atoms with van der Waals surface area (Å²) in [5.74, 6) is -0.977. The lowest BCUT2D eigenvalue weighted by Gasteiger charge is -2.10. The van der Waals surface area contributed by atoms with Crippen LogP contribution in [0.25, 0.3) is 10.9 Å². The predicted molar refractivity (Wildman–Crippen MR) is 84.5 cm³/mol. The molecule has 5 heteroatoms. The highest BCUT2D eigenvalue weighted by Crippen LogP contribution is 2.26. The topological polar surface area (TPSA) is 42.2 Å². The fourth-order valence-electron chi connectivity index (χ4n) is 2.39. The van der Waals surface area contributed by atoms with Crippen molar-refractivity contribution in [1.82, 2.24) is 4.57 Å². The van der Waals surface area contributed by atoms with Crippen LogP contribution < -0.4 is 0 Å². The summed E-state index contributed by atoms with van der Waals surface area (Å²) in [7, 11) is 0. The second-order valence-electron chi connectivity index (χ2n) is 4.72. The number of hydrogen-bond donors (Lipinski definition) is 1. The van der Waals surface area contributed by atoms with Crippen LogP contribution in [0.1, 0.15) is 16.1 Å². The van der Waals surface area contributed by atoms with Crippen molar-refractivity contribution in [2.45, 2.75) is 6.54 Å². The summed E-state index contributed by atoms with van der Waals surface area (Å²) in [6.45, 7) is 0.395. The smallest absolute Gasteiger partial charge is 0.352 e. The summed E-state index contributed by atoms with van der Waals surface area (Å²) in [5.41, 5.74) is 1.90. The lowest BCUT2D eigenvalue weighted by Crippen LogP contribution is -2.09. The molecule has 0 bridgehead atoms. The number of nitrogens with zero attached hydrogens (tertiary/aromatic N) is 1. The van der Waals surface area contributed by atoms with Gasteiger partial charge in [0, 0.05) is 27.5 Å². The molecule has 3 rings (SSSR count). The van der Waals surface area contributed by atoms with Crippen LogP contribution in [0.4, 0.5) is 0 Å². The molecule has 0 atom stereocenters. The van der Waals surface area contributed by atoms with E-state index in [1.54, 1.807) is 28.8 Å². The molecular weight excluding hydrogens is 309 g/mol. The quantitative estimate of drug-likeness (QED) is 0.760. The molecule has 0 aliphatic heterocycles. The van der Waals surface area contributed by atoms with Crippen molar-refractivity contribution in [3.8, 4) is 0 Å². The summed E-state index contributed by atoms with van der Waals surface area (Å²) < 4.78 is 1.73. The Hall–Kier alpha value is -1.97. The molecule has 0 aliphatic rings. The number of carboxylic acid groups (broad SMARTS) is 1. The first-order chi connectivity index (χ1) is 10.1. The SMILES string of the molecule is O=C(O)c1cc2cc(Cl)ccc2n1Cc1ccccc1Cl. The molecule has 21 heavy (non-hydrogen) atoms. The van der Waals surface area contributed by atoms with E-state index in [1.165, 1.54) is 0 Å². The van der Waals surface area contributed by atoms with Gasteiger partial charge in [-0.3, -0.25) is 0 Å². The Labute approximate surface area is 131 Å². The molecule has 3 nitrogen and oxygen atoms in total. The van der Waals surface area contributed by atoms with Crippen LogP contribution >= 0.6 is 23.2 Å². The molecule has 0 amide bonds. The predicted octanol–water partition coefficient (Wildman–Crippen LogP) is 4.69. The van der Waals surface area contributed by atoms with Crippen LogP contribution in [0, 0.1) is 0 Å². The highest BCUT2D eigenvalue weighted by molar-refractivity contribution is 6.31. The number of carboxylic acids is 1. The van der Waals surface area contributed by atoms with E-state index >= 15 is 0 Å². The standard InChI is InChI=1S/C16H11Cl2NO2/c17-12-5-6-14-11(7-12)8-15(16(20)21)19(14)9-10-3-1-2-4-13(10)18/h1-8H,9H2,(H,20,21). The van der Waals surface area contributed by atoms with Crippen LogP contribution in [0.3, 0.4) is 0 Å². The van der Waals surface area contributed by atoms with E-state index in [2.05, 4.69) is 0 Å². The summed E-state index contributed by atoms with van der Waals surface area (Å²) in [6.07, 6.45) is 0. The van der Waals surface area contributed by atoms with E-state index in [4.69, 9.17) is 23.2 Å². The Kier molecular flexibility index (Phi) is 3.62. The van der Waals surface area contributed by atoms with Gasteiger partial charge in [-0.25, -0.2) is 4.79 Å². The first-order valence-electron chi connectivity index (χ1n) is 6.32. The van der Waals surface area contributed by atoms with Crippen LogP contribution in [0.5, 0.6) is 0 Å². The zero-order chi connectivity index (χ0) is 15.0. The maximum Gasteiger partial charge on any atom is 0.352 e. The van der Waals surface area contributed by atoms with E-state index in [0.29, 0.717) is 16.6 Å². The van der Waals surface area contributed by atoms with Gasteiger partial charge in [-0.05, 0) is 35.9 Å². The molecule has 2 aromatic carbocycles. The number of halogens is 2. The number of hydrogen-bond acceptors (Lipinski definition) is 1. The van der Waals surface area contributed by atoms with Crippen molar-refractivity contribution in [2.24, 2.45) is 0 Å². The van der Waals surface area contributed by atoms with Gasteiger partial charge in [-0.15, -0.1) is 0 Å². The number of benzene rings is 2. The second kappa shape index (κ2) is 5.43. The van der Waals surface area contributed by atoms with Gasteiger partial charge in [-0.2, -0.15) is 0 Å². The third-order valence-corrected chi connectivity index (χ3v) is 3.97. The monoisotopic (exact) mass is 319 g/mol. The van der Waals surface area contributed by atoms with E-state index < -0.39 is 5.97 Å². The van der Waals surface area contributed by atoms with Gasteiger partial charge in [0.2, 0.25) is 0 Å². The van der Waals surface area contributed by atoms with Crippen molar-refractivity contribution in [2.75, 3.05) is 0 Å². The molecule has 0 saturated heterocycles. The van der Waals surface area contributed by atoms with Gasteiger partial charge < -0.3 is 9.67 Å². The Bertz CT molecular complexity index is 839. The minimum absolute atomic E-state index is 0.215. The molecule has 0 radical (unpaired) electrons. The van der Waals surface area contributed by atoms with E-state index in [9.17, 15) is 9.90 Å². The van der Waals surface area contributed by atoms with Crippen molar-refractivity contribution in [3.05, 3.63) is 69.8 Å². The third kappa shape index (κ3) is 2.62. The van der Waals surface area contributed by atoms with Gasteiger partial charge in [0.05, 0.1) is 0 Å². The number of aromatic nitrogens is 1. The van der Waals surface area contributed by atoms with Crippen molar-refractivity contribution in [1.29, 1.82) is 0 Å². The average molecular weight is 320 g/mol. The van der Waals surface area contributed by atoms with E-state index in [1.807, 2.05) is 24.3 Å². The molecule has 3 aromatic rings. The number of carbonyl (C=O) groups is 1. The van der Waals surface area contributed by atoms with Gasteiger partial charge >= 0.3 is 5.97 Å². The van der Waals surface area contributed by atoms with Gasteiger partial charge in [0.1, 0.15) is 5.69 Å². The first-order valence-corrected chi connectivity index (χ1v) is 7.07. The average Bonchev–Trinajstić information content (AvgIpc) is 2.79. The lowest BCUT2D eigenvalue weighted by atomic mass is 10.2. The largest absolute Gasteiger partial charge is 0.477 e. The second-order valence-corrected chi connectivity index (χ2v) is 5.56. The zero-order valence-corrected chi connectivity index (χ0v) is 12.4. The Morgan fingerprint density at radius 2 is 1.86 bits per heavy atom. The maximum absolute atomic E-state index is 11.5. The molecule has 0 spiro atoms. The minimum Gasteiger partial charge on any atom is -0.477 e. The third-order valence-electron chi connectivity index (χ3n) is 3.37. The fourth-order valence-corrected chi connectivity index (χ4v) is 2.76. The highest BCUT2D eigenvalue weighted by atomic mass is 35.5. The van der Waals surface area contributed by atoms with E-state index in [0.717, 1.165) is 16.5 Å². The zero-order valence-electron chi connectivity index (χ0n) is 10.9. The molecule has 1 N–H and O–H groups in total. The summed E-state index contributed by atoms with van der Waals surface area (Å²) in [4.78, 5) is 11.5. The molecule has 106 valence electrons. The normalized spacial score (nSPS) is 11.0. The van der Waals surface area contributed by atoms with Crippen LogP contribution in [0.2, 0.25) is 10.0 Å². The Morgan fingerprint density at radius 3 is 2.57 bits per heavy atom. The van der Waals surface area contributed by atoms with E-state index in [-0.39, 0.29) is 5.69 Å². The summed E-state index contributed by atoms with van der Waals surface area (Å²) >= 11 is 12.1. The van der Waals surface area contributed by atoms with Crippen molar-refractivity contribution >= 4 is 40.1 Å². The number of fused-ring (bicyclic) bond motifs is 1. The van der Waals surface area contributed by atoms with Crippen LogP contribution in [-0.2, 0) is 6.54 Å². The van der Waals surface area contributed by atoms with Gasteiger partial charge in [0.15, 0.2) is 0 Å². The van der Waals surface area contributed by atoms with Crippen molar-refractivity contribution in [3.63, 3.8) is 0 Å². The molecule has 0 fully saturated rings. The minimum atomic E-state index is -0.977. The van der Waals surface area contributed by atoms with Crippen LogP contribution in [0.15, 0.2) is 48.5 Å². The number of aromatic carboxylic acids is 1. The maximum atomic E-state index is 11.5. The van der Waals surface area contributed by atoms with Crippen LogP contribution in [-0.4, -0.2) is 15.6 Å². The lowest BCUT2D eigenvalue weighted by molar-refractivity contribution is 0.0686. The van der Waals surface area contributed by atoms with Crippen molar-refractivity contribution < 1.29 is 9.90 Å². The highest BCUT2D eigenvalue weighted by Gasteiger charge is 2.15. The molecule has 0 unspecified atom stereocenters. The fraction of sp³-hybridized carbons (Fsp3) is 0.0625. The van der Waals surface area contributed by atoms with Gasteiger partial charge in [0.25, 0.3) is 0 Å². The Morgan fingerprint density at radius 1 is 1.10 bits per heavy atom. The van der Waals surface area contributed by atoms with Gasteiger partial charge in [-0.1, -0.05) is 41.4 Å². The summed E-state index contributed by atoms with van der Waals surface area (Å²) in [5, 5.41) is 11.4. The molecular formula is C16H11Cl2NO2.